The summed E-state index contributed by atoms with van der Waals surface area (Å²) >= 11 is 0. The molecule has 0 heterocycles. The number of hydrazone groups is 1. The van der Waals surface area contributed by atoms with E-state index in [1.807, 2.05) is 12.1 Å². The zero-order valence-electron chi connectivity index (χ0n) is 8.78. The summed E-state index contributed by atoms with van der Waals surface area (Å²) in [5.74, 6) is 5.25. The first-order chi connectivity index (χ1) is 6.45. The molecule has 0 saturated carbocycles. The first kappa shape index (κ1) is 10.6. The lowest BCUT2D eigenvalue weighted by atomic mass is 9.86. The average Bonchev–Trinajstić information content (AvgIpc) is 2.07. The number of aromatic hydroxyl groups is 1. The second-order valence-electron chi connectivity index (χ2n) is 4.30. The molecule has 0 aliphatic carbocycles. The second-order valence-corrected chi connectivity index (χ2v) is 4.30. The molecule has 3 heteroatoms. The van der Waals surface area contributed by atoms with E-state index in [0.29, 0.717) is 5.56 Å². The third kappa shape index (κ3) is 2.25. The Bertz CT molecular complexity index is 351. The van der Waals surface area contributed by atoms with Crippen molar-refractivity contribution in [1.29, 1.82) is 0 Å². The molecular weight excluding hydrogens is 176 g/mol. The van der Waals surface area contributed by atoms with Crippen LogP contribution in [0.4, 0.5) is 0 Å². The number of phenolic OH excluding ortho intramolecular Hbond substituents is 1. The van der Waals surface area contributed by atoms with Gasteiger partial charge in [-0.25, -0.2) is 0 Å². The van der Waals surface area contributed by atoms with Gasteiger partial charge in [0.15, 0.2) is 0 Å². The summed E-state index contributed by atoms with van der Waals surface area (Å²) in [5, 5.41) is 12.9. The number of nitrogens with zero attached hydrogens (tertiary/aromatic N) is 1. The van der Waals surface area contributed by atoms with E-state index in [2.05, 4.69) is 25.9 Å². The Balaban J connectivity index is 3.19. The molecule has 3 nitrogen and oxygen atoms in total. The second kappa shape index (κ2) is 3.70. The highest BCUT2D eigenvalue weighted by atomic mass is 16.3. The van der Waals surface area contributed by atoms with Crippen LogP contribution in [0.3, 0.4) is 0 Å². The molecule has 0 atom stereocenters. The lowest BCUT2D eigenvalue weighted by Crippen LogP contribution is -2.11. The SMILES string of the molecule is CC(C)(C)c1ccc(O)c(C=NN)c1. The maximum Gasteiger partial charge on any atom is 0.124 e. The van der Waals surface area contributed by atoms with E-state index in [1.165, 1.54) is 6.21 Å². The van der Waals surface area contributed by atoms with Gasteiger partial charge in [-0.05, 0) is 23.1 Å². The molecule has 0 radical (unpaired) electrons. The van der Waals surface area contributed by atoms with Gasteiger partial charge < -0.3 is 10.9 Å². The number of hydrogen-bond acceptors (Lipinski definition) is 3. The van der Waals surface area contributed by atoms with Crippen molar-refractivity contribution in [3.8, 4) is 5.75 Å². The van der Waals surface area contributed by atoms with E-state index in [4.69, 9.17) is 5.84 Å². The van der Waals surface area contributed by atoms with Crippen LogP contribution in [0.25, 0.3) is 0 Å². The largest absolute Gasteiger partial charge is 0.507 e. The highest BCUT2D eigenvalue weighted by Gasteiger charge is 2.14. The Hall–Kier alpha value is -1.51. The zero-order chi connectivity index (χ0) is 10.8. The maximum atomic E-state index is 9.48. The molecule has 76 valence electrons. The topological polar surface area (TPSA) is 58.6 Å². The predicted octanol–water partition coefficient (Wildman–Crippen LogP) is 1.98. The molecule has 0 aliphatic heterocycles. The molecule has 0 aromatic heterocycles. The van der Waals surface area contributed by atoms with Gasteiger partial charge in [0, 0.05) is 5.56 Å². The van der Waals surface area contributed by atoms with Gasteiger partial charge in [-0.15, -0.1) is 0 Å². The number of nitrogens with two attached hydrogens (primary N) is 1. The van der Waals surface area contributed by atoms with Crippen LogP contribution in [0.1, 0.15) is 31.9 Å². The molecule has 1 aromatic rings. The molecular formula is C11H16N2O. The van der Waals surface area contributed by atoms with Crippen molar-refractivity contribution in [2.24, 2.45) is 10.9 Å². The first-order valence-electron chi connectivity index (χ1n) is 4.52. The molecule has 1 aromatic carbocycles. The third-order valence-electron chi connectivity index (χ3n) is 2.11. The van der Waals surface area contributed by atoms with Crippen LogP contribution < -0.4 is 5.84 Å². The normalized spacial score (nSPS) is 12.2. The molecule has 0 bridgehead atoms. The fourth-order valence-corrected chi connectivity index (χ4v) is 1.20. The Labute approximate surface area is 84.3 Å². The van der Waals surface area contributed by atoms with Crippen molar-refractivity contribution < 1.29 is 5.11 Å². The highest BCUT2D eigenvalue weighted by Crippen LogP contribution is 2.26. The van der Waals surface area contributed by atoms with Gasteiger partial charge in [-0.3, -0.25) is 0 Å². The van der Waals surface area contributed by atoms with E-state index < -0.39 is 0 Å². The van der Waals surface area contributed by atoms with Gasteiger partial charge in [-0.2, -0.15) is 5.10 Å². The number of benzene rings is 1. The average molecular weight is 192 g/mol. The van der Waals surface area contributed by atoms with E-state index >= 15 is 0 Å². The minimum atomic E-state index is 0.0604. The highest BCUT2D eigenvalue weighted by molar-refractivity contribution is 5.83. The van der Waals surface area contributed by atoms with Crippen LogP contribution in [0.5, 0.6) is 5.75 Å². The third-order valence-corrected chi connectivity index (χ3v) is 2.11. The monoisotopic (exact) mass is 192 g/mol. The van der Waals surface area contributed by atoms with Crippen LogP contribution in [0.2, 0.25) is 0 Å². The Kier molecular flexibility index (Phi) is 2.79. The van der Waals surface area contributed by atoms with Crippen molar-refractivity contribution in [3.05, 3.63) is 29.3 Å². The van der Waals surface area contributed by atoms with Crippen molar-refractivity contribution in [2.75, 3.05) is 0 Å². The van der Waals surface area contributed by atoms with E-state index in [-0.39, 0.29) is 11.2 Å². The van der Waals surface area contributed by atoms with Crippen molar-refractivity contribution in [2.45, 2.75) is 26.2 Å². The van der Waals surface area contributed by atoms with E-state index in [1.54, 1.807) is 6.07 Å². The van der Waals surface area contributed by atoms with Crippen LogP contribution in [-0.2, 0) is 5.41 Å². The standard InChI is InChI=1S/C11H16N2O/c1-11(2,3)9-4-5-10(14)8(6-9)7-13-12/h4-7,14H,12H2,1-3H3. The Morgan fingerprint density at radius 2 is 2.00 bits per heavy atom. The van der Waals surface area contributed by atoms with E-state index in [9.17, 15) is 5.11 Å². The van der Waals surface area contributed by atoms with Crippen molar-refractivity contribution in [3.63, 3.8) is 0 Å². The number of phenols is 1. The summed E-state index contributed by atoms with van der Waals surface area (Å²) < 4.78 is 0. The lowest BCUT2D eigenvalue weighted by molar-refractivity contribution is 0.473. The summed E-state index contributed by atoms with van der Waals surface area (Å²) in [4.78, 5) is 0. The Morgan fingerprint density at radius 1 is 1.36 bits per heavy atom. The van der Waals surface area contributed by atoms with Crippen LogP contribution in [0, 0.1) is 0 Å². The Morgan fingerprint density at radius 3 is 2.50 bits per heavy atom. The predicted molar refractivity (Wildman–Crippen MR) is 58.6 cm³/mol. The molecule has 0 unspecified atom stereocenters. The lowest BCUT2D eigenvalue weighted by Gasteiger charge is -2.19. The molecule has 0 spiro atoms. The fourth-order valence-electron chi connectivity index (χ4n) is 1.20. The molecule has 14 heavy (non-hydrogen) atoms. The molecule has 0 saturated heterocycles. The molecule has 1 rings (SSSR count). The minimum Gasteiger partial charge on any atom is -0.507 e. The van der Waals surface area contributed by atoms with Gasteiger partial charge in [0.25, 0.3) is 0 Å². The maximum absolute atomic E-state index is 9.48. The first-order valence-corrected chi connectivity index (χ1v) is 4.52. The quantitative estimate of drug-likeness (QED) is 0.406. The van der Waals surface area contributed by atoms with Crippen LogP contribution in [0.15, 0.2) is 23.3 Å². The van der Waals surface area contributed by atoms with Gasteiger partial charge in [-0.1, -0.05) is 26.8 Å². The fraction of sp³-hybridized carbons (Fsp3) is 0.364. The molecule has 0 amide bonds. The molecule has 0 fully saturated rings. The molecule has 0 aliphatic rings. The summed E-state index contributed by atoms with van der Waals surface area (Å²) in [6.45, 7) is 6.34. The smallest absolute Gasteiger partial charge is 0.124 e. The van der Waals surface area contributed by atoms with Gasteiger partial charge >= 0.3 is 0 Å². The zero-order valence-corrected chi connectivity index (χ0v) is 8.78. The number of rotatable bonds is 1. The van der Waals surface area contributed by atoms with Gasteiger partial charge in [0.1, 0.15) is 5.75 Å². The van der Waals surface area contributed by atoms with Crippen molar-refractivity contribution in [1.82, 2.24) is 0 Å². The molecule has 3 N–H and O–H groups in total. The summed E-state index contributed by atoms with van der Waals surface area (Å²) in [6, 6.07) is 5.46. The van der Waals surface area contributed by atoms with E-state index in [0.717, 1.165) is 5.56 Å². The summed E-state index contributed by atoms with van der Waals surface area (Å²) in [5.41, 5.74) is 1.86. The van der Waals surface area contributed by atoms with Crippen LogP contribution >= 0.6 is 0 Å². The van der Waals surface area contributed by atoms with Crippen LogP contribution in [-0.4, -0.2) is 11.3 Å². The summed E-state index contributed by atoms with van der Waals surface area (Å²) in [6.07, 6.45) is 1.45. The van der Waals surface area contributed by atoms with Gasteiger partial charge in [0.05, 0.1) is 6.21 Å². The van der Waals surface area contributed by atoms with Gasteiger partial charge in [0.2, 0.25) is 0 Å². The minimum absolute atomic E-state index is 0.0604. The summed E-state index contributed by atoms with van der Waals surface area (Å²) in [7, 11) is 0. The van der Waals surface area contributed by atoms with Crippen molar-refractivity contribution >= 4 is 6.21 Å². The number of hydrogen-bond donors (Lipinski definition) is 2.